The first kappa shape index (κ1) is 38.0. The van der Waals surface area contributed by atoms with E-state index in [-0.39, 0.29) is 36.5 Å². The molecule has 12 nitrogen and oxygen atoms in total. The summed E-state index contributed by atoms with van der Waals surface area (Å²) in [5.74, 6) is -0.0804. The lowest BCUT2D eigenvalue weighted by Gasteiger charge is -2.40. The molecular weight excluding hydrogens is 703 g/mol. The van der Waals surface area contributed by atoms with Crippen LogP contribution in [0.5, 0.6) is 5.75 Å². The molecule has 2 heterocycles. The summed E-state index contributed by atoms with van der Waals surface area (Å²) in [7, 11) is -0.953. The standard InChI is InChI=1S/C35H44Cl2N6O6S/c1-5-49-30-15-14-28(50(46,47)41-23(2)22-48-4)20-29(30)35(34(45)43-18-16-42(17-19-43)21-31(44)38-3)39-32(24-6-10-26(36)11-7-24)33(40-35)25-8-12-27(37)13-9-25/h6-15,20,23,32-33,39-41H,5,16-19,21-22H2,1-4H3,(H,38,44). The fraction of sp³-hybridized carbons (Fsp3) is 0.429. The van der Waals surface area contributed by atoms with E-state index in [1.165, 1.54) is 19.2 Å². The second-order valence-electron chi connectivity index (χ2n) is 12.4. The number of piperazine rings is 1. The summed E-state index contributed by atoms with van der Waals surface area (Å²) in [6.07, 6.45) is 0. The van der Waals surface area contributed by atoms with Crippen molar-refractivity contribution in [1.29, 1.82) is 0 Å². The molecule has 270 valence electrons. The van der Waals surface area contributed by atoms with Crippen LogP contribution in [0.25, 0.3) is 0 Å². The number of halogens is 2. The van der Waals surface area contributed by atoms with Crippen LogP contribution >= 0.6 is 23.2 Å². The Bertz CT molecular complexity index is 1700. The Kier molecular flexibility index (Phi) is 12.4. The van der Waals surface area contributed by atoms with E-state index in [4.69, 9.17) is 32.7 Å². The number of nitrogens with zero attached hydrogens (tertiary/aromatic N) is 2. The molecule has 2 amide bonds. The number of methoxy groups -OCH3 is 1. The smallest absolute Gasteiger partial charge is 0.262 e. The molecule has 5 rings (SSSR count). The third-order valence-corrected chi connectivity index (χ3v) is 11.0. The van der Waals surface area contributed by atoms with Crippen LogP contribution in [0, 0.1) is 0 Å². The fourth-order valence-electron chi connectivity index (χ4n) is 6.46. The van der Waals surface area contributed by atoms with Crippen LogP contribution < -0.4 is 25.4 Å². The highest BCUT2D eigenvalue weighted by Gasteiger charge is 2.55. The molecule has 3 aromatic carbocycles. The minimum Gasteiger partial charge on any atom is -0.493 e. The van der Waals surface area contributed by atoms with E-state index in [1.54, 1.807) is 49.2 Å². The van der Waals surface area contributed by atoms with Gasteiger partial charge in [-0.2, -0.15) is 0 Å². The minimum absolute atomic E-state index is 0.0388. The Labute approximate surface area is 303 Å². The number of carbonyl (C=O) groups is 2. The van der Waals surface area contributed by atoms with E-state index in [1.807, 2.05) is 36.1 Å². The summed E-state index contributed by atoms with van der Waals surface area (Å²) in [6.45, 7) is 5.84. The van der Waals surface area contributed by atoms with E-state index in [0.29, 0.717) is 47.5 Å². The summed E-state index contributed by atoms with van der Waals surface area (Å²) in [5, 5.41) is 11.0. The van der Waals surface area contributed by atoms with Gasteiger partial charge in [-0.15, -0.1) is 0 Å². The van der Waals surface area contributed by atoms with Gasteiger partial charge in [-0.1, -0.05) is 47.5 Å². The molecule has 2 aliphatic rings. The van der Waals surface area contributed by atoms with Gasteiger partial charge in [0.25, 0.3) is 5.91 Å². The average Bonchev–Trinajstić information content (AvgIpc) is 3.50. The van der Waals surface area contributed by atoms with Gasteiger partial charge < -0.3 is 19.7 Å². The summed E-state index contributed by atoms with van der Waals surface area (Å²) in [6, 6.07) is 17.8. The maximum Gasteiger partial charge on any atom is 0.262 e. The number of likely N-dealkylation sites (N-methyl/N-ethyl adjacent to an activating group) is 1. The van der Waals surface area contributed by atoms with Gasteiger partial charge in [0, 0.05) is 62.0 Å². The van der Waals surface area contributed by atoms with Crippen LogP contribution in [0.1, 0.15) is 42.6 Å². The highest BCUT2D eigenvalue weighted by Crippen LogP contribution is 2.45. The number of carbonyl (C=O) groups excluding carboxylic acids is 2. The van der Waals surface area contributed by atoms with Crippen molar-refractivity contribution in [2.24, 2.45) is 0 Å². The van der Waals surface area contributed by atoms with Gasteiger partial charge in [0.05, 0.1) is 36.7 Å². The second kappa shape index (κ2) is 16.4. The molecule has 0 bridgehead atoms. The zero-order valence-electron chi connectivity index (χ0n) is 28.5. The van der Waals surface area contributed by atoms with Gasteiger partial charge in [0.1, 0.15) is 5.75 Å². The average molecular weight is 748 g/mol. The maximum atomic E-state index is 15.2. The van der Waals surface area contributed by atoms with Crippen molar-refractivity contribution in [3.8, 4) is 5.75 Å². The molecule has 0 saturated carbocycles. The number of rotatable bonds is 13. The molecule has 0 aromatic heterocycles. The van der Waals surface area contributed by atoms with Gasteiger partial charge >= 0.3 is 0 Å². The van der Waals surface area contributed by atoms with Crippen LogP contribution in [-0.4, -0.2) is 96.2 Å². The molecule has 4 N–H and O–H groups in total. The van der Waals surface area contributed by atoms with Gasteiger partial charge in [0.15, 0.2) is 5.66 Å². The second-order valence-corrected chi connectivity index (χ2v) is 15.0. The lowest BCUT2D eigenvalue weighted by atomic mass is 9.95. The van der Waals surface area contributed by atoms with Crippen LogP contribution in [0.2, 0.25) is 10.0 Å². The predicted octanol–water partition coefficient (Wildman–Crippen LogP) is 3.42. The zero-order chi connectivity index (χ0) is 36.1. The monoisotopic (exact) mass is 746 g/mol. The van der Waals surface area contributed by atoms with Crippen LogP contribution in [0.4, 0.5) is 0 Å². The third kappa shape index (κ3) is 8.43. The maximum absolute atomic E-state index is 15.2. The molecule has 3 unspecified atom stereocenters. The number of benzene rings is 3. The lowest BCUT2D eigenvalue weighted by molar-refractivity contribution is -0.141. The van der Waals surface area contributed by atoms with Gasteiger partial charge in [-0.05, 0) is 67.4 Å². The highest BCUT2D eigenvalue weighted by molar-refractivity contribution is 7.89. The number of hydrogen-bond acceptors (Lipinski definition) is 9. The van der Waals surface area contributed by atoms with E-state index in [0.717, 1.165) is 11.1 Å². The first-order valence-corrected chi connectivity index (χ1v) is 18.7. The number of hydrogen-bond donors (Lipinski definition) is 4. The molecule has 3 aromatic rings. The normalized spacial score (nSPS) is 21.9. The van der Waals surface area contributed by atoms with Crippen molar-refractivity contribution in [2.75, 3.05) is 60.1 Å². The summed E-state index contributed by atoms with van der Waals surface area (Å²) in [4.78, 5) is 31.0. The van der Waals surface area contributed by atoms with Crippen molar-refractivity contribution in [3.05, 3.63) is 93.5 Å². The number of nitrogens with one attached hydrogen (secondary N) is 4. The highest BCUT2D eigenvalue weighted by atomic mass is 35.5. The van der Waals surface area contributed by atoms with Crippen molar-refractivity contribution < 1.29 is 27.5 Å². The summed E-state index contributed by atoms with van der Waals surface area (Å²) >= 11 is 12.6. The van der Waals surface area contributed by atoms with E-state index in [2.05, 4.69) is 20.7 Å². The Morgan fingerprint density at radius 1 is 0.940 bits per heavy atom. The molecular formula is C35H44Cl2N6O6S. The number of ether oxygens (including phenoxy) is 2. The summed E-state index contributed by atoms with van der Waals surface area (Å²) < 4.78 is 41.3. The molecule has 0 aliphatic carbocycles. The van der Waals surface area contributed by atoms with Crippen LogP contribution in [0.15, 0.2) is 71.6 Å². The minimum atomic E-state index is -4.04. The molecule has 0 spiro atoms. The molecule has 2 aliphatic heterocycles. The van der Waals surface area contributed by atoms with Gasteiger partial charge in [-0.3, -0.25) is 25.1 Å². The molecule has 2 saturated heterocycles. The first-order chi connectivity index (χ1) is 23.9. The SMILES string of the molecule is CCOc1ccc(S(=O)(=O)NC(C)COC)cc1C1(C(=O)N2CCN(CC(=O)NC)CC2)NC(c2ccc(Cl)cc2)C(c2ccc(Cl)cc2)N1. The van der Waals surface area contributed by atoms with Crippen molar-refractivity contribution in [1.82, 2.24) is 30.5 Å². The largest absolute Gasteiger partial charge is 0.493 e. The molecule has 15 heteroatoms. The van der Waals surface area contributed by atoms with Gasteiger partial charge in [-0.25, -0.2) is 13.1 Å². The van der Waals surface area contributed by atoms with Crippen molar-refractivity contribution in [2.45, 2.75) is 42.5 Å². The van der Waals surface area contributed by atoms with Crippen molar-refractivity contribution in [3.63, 3.8) is 0 Å². The predicted molar refractivity (Wildman–Crippen MR) is 193 cm³/mol. The topological polar surface area (TPSA) is 141 Å². The number of sulfonamides is 1. The van der Waals surface area contributed by atoms with E-state index in [9.17, 15) is 13.2 Å². The van der Waals surface area contributed by atoms with Crippen molar-refractivity contribution >= 4 is 45.0 Å². The Hall–Kier alpha value is -3.27. The molecule has 50 heavy (non-hydrogen) atoms. The summed E-state index contributed by atoms with van der Waals surface area (Å²) in [5.41, 5.74) is 0.355. The number of amides is 2. The Morgan fingerprint density at radius 3 is 2.00 bits per heavy atom. The first-order valence-electron chi connectivity index (χ1n) is 16.5. The van der Waals surface area contributed by atoms with E-state index < -0.39 is 33.8 Å². The lowest BCUT2D eigenvalue weighted by Crippen LogP contribution is -2.62. The zero-order valence-corrected chi connectivity index (χ0v) is 30.9. The third-order valence-electron chi connectivity index (χ3n) is 8.90. The van der Waals surface area contributed by atoms with Crippen LogP contribution in [0.3, 0.4) is 0 Å². The van der Waals surface area contributed by atoms with Crippen LogP contribution in [-0.2, 0) is 30.0 Å². The Balaban J connectivity index is 1.66. The molecule has 2 fully saturated rings. The fourth-order valence-corrected chi connectivity index (χ4v) is 7.96. The van der Waals surface area contributed by atoms with Gasteiger partial charge in [0.2, 0.25) is 15.9 Å². The quantitative estimate of drug-likeness (QED) is 0.207. The van der Waals surface area contributed by atoms with E-state index >= 15 is 4.79 Å². The Morgan fingerprint density at radius 2 is 1.50 bits per heavy atom. The molecule has 3 atom stereocenters. The molecule has 0 radical (unpaired) electrons.